The SMILES string of the molecule is CCCOCCOCCOCCNC(=O)c1ccc(CCC(=O)CC[C@H]2CN(Cc3ccc(Cl)c(C)c3)CCO2)cc1.COCCOCCOCCOCCOCCOCCNC(=O)[C@H]1CC(=O)N(C)[C@@H]1c1cccnc1. The van der Waals surface area contributed by atoms with E-state index in [4.69, 9.17) is 59.0 Å². The highest BCUT2D eigenvalue weighted by Crippen LogP contribution is 2.36. The summed E-state index contributed by atoms with van der Waals surface area (Å²) in [5.41, 5.74) is 4.82. The minimum absolute atomic E-state index is 0.0489. The number of ether oxygens (including phenoxy) is 10. The molecule has 2 aromatic carbocycles. The average Bonchev–Trinajstić information content (AvgIpc) is 3.76. The summed E-state index contributed by atoms with van der Waals surface area (Å²) in [7, 11) is 3.36. The van der Waals surface area contributed by atoms with Gasteiger partial charge in [-0.25, -0.2) is 0 Å². The van der Waals surface area contributed by atoms with Gasteiger partial charge in [-0.2, -0.15) is 0 Å². The van der Waals surface area contributed by atoms with Crippen LogP contribution in [0.25, 0.3) is 0 Å². The van der Waals surface area contributed by atoms with Gasteiger partial charge in [0, 0.05) is 95.7 Å². The van der Waals surface area contributed by atoms with Gasteiger partial charge >= 0.3 is 0 Å². The largest absolute Gasteiger partial charge is 0.382 e. The Morgan fingerprint density at radius 2 is 1.30 bits per heavy atom. The Kier molecular flexibility index (Phi) is 34.4. The molecule has 0 radical (unpaired) electrons. The quantitative estimate of drug-likeness (QED) is 0.0679. The van der Waals surface area contributed by atoms with E-state index >= 15 is 0 Å². The molecule has 2 N–H and O–H groups in total. The van der Waals surface area contributed by atoms with Gasteiger partial charge in [0.2, 0.25) is 11.8 Å². The molecule has 0 unspecified atom stereocenters. The Balaban J connectivity index is 0.000000338. The number of methoxy groups -OCH3 is 1. The van der Waals surface area contributed by atoms with E-state index < -0.39 is 5.92 Å². The first-order valence-corrected chi connectivity index (χ1v) is 27.5. The molecule has 0 spiro atoms. The molecule has 5 rings (SSSR count). The highest BCUT2D eigenvalue weighted by molar-refractivity contribution is 6.31. The van der Waals surface area contributed by atoms with E-state index in [1.165, 1.54) is 5.56 Å². The summed E-state index contributed by atoms with van der Waals surface area (Å²) >= 11 is 6.16. The third-order valence-electron chi connectivity index (χ3n) is 12.5. The molecule has 0 bridgehead atoms. The zero-order chi connectivity index (χ0) is 55.1. The number of rotatable bonds is 40. The maximum atomic E-state index is 12.7. The maximum Gasteiger partial charge on any atom is 0.251 e. The summed E-state index contributed by atoms with van der Waals surface area (Å²) < 4.78 is 54.1. The van der Waals surface area contributed by atoms with E-state index in [1.54, 1.807) is 49.7 Å². The van der Waals surface area contributed by atoms with Crippen LogP contribution in [0.2, 0.25) is 5.02 Å². The van der Waals surface area contributed by atoms with Crippen LogP contribution in [0.5, 0.6) is 0 Å². The van der Waals surface area contributed by atoms with Crippen molar-refractivity contribution in [3.05, 3.63) is 99.8 Å². The van der Waals surface area contributed by atoms with Crippen LogP contribution >= 0.6 is 11.6 Å². The second-order valence-electron chi connectivity index (χ2n) is 18.6. The molecule has 430 valence electrons. The van der Waals surface area contributed by atoms with Gasteiger partial charge in [-0.3, -0.25) is 29.1 Å². The lowest BCUT2D eigenvalue weighted by Crippen LogP contribution is -2.42. The predicted molar refractivity (Wildman–Crippen MR) is 292 cm³/mol. The summed E-state index contributed by atoms with van der Waals surface area (Å²) in [4.78, 5) is 57.9. The fraction of sp³-hybridized carbons (Fsp3) is 0.632. The molecule has 2 fully saturated rings. The van der Waals surface area contributed by atoms with E-state index in [2.05, 4.69) is 39.6 Å². The normalized spacial score (nSPS) is 16.6. The number of pyridine rings is 1. The molecule has 2 aliphatic heterocycles. The molecule has 0 saturated carbocycles. The van der Waals surface area contributed by atoms with Gasteiger partial charge in [0.25, 0.3) is 5.91 Å². The molecule has 2 saturated heterocycles. The van der Waals surface area contributed by atoms with Crippen LogP contribution in [0.3, 0.4) is 0 Å². The lowest BCUT2D eigenvalue weighted by atomic mass is 9.94. The van der Waals surface area contributed by atoms with Crippen LogP contribution in [-0.2, 0) is 74.7 Å². The Hall–Kier alpha value is -4.48. The smallest absolute Gasteiger partial charge is 0.251 e. The molecule has 3 amide bonds. The molecule has 3 aromatic rings. The van der Waals surface area contributed by atoms with Crippen molar-refractivity contribution >= 4 is 35.1 Å². The molecule has 1 aromatic heterocycles. The number of Topliss-reactive ketones (excluding diaryl/α,β-unsaturated/α-hetero) is 1. The fourth-order valence-electron chi connectivity index (χ4n) is 8.35. The van der Waals surface area contributed by atoms with Crippen molar-refractivity contribution in [2.75, 3.05) is 159 Å². The molecule has 19 nitrogen and oxygen atoms in total. The minimum Gasteiger partial charge on any atom is -0.382 e. The second-order valence-corrected chi connectivity index (χ2v) is 19.0. The summed E-state index contributed by atoms with van der Waals surface area (Å²) in [5, 5.41) is 6.52. The van der Waals surface area contributed by atoms with Gasteiger partial charge in [-0.15, -0.1) is 0 Å². The number of benzene rings is 2. The van der Waals surface area contributed by atoms with E-state index in [9.17, 15) is 19.2 Å². The van der Waals surface area contributed by atoms with E-state index in [1.807, 2.05) is 31.2 Å². The first-order valence-electron chi connectivity index (χ1n) is 27.1. The number of likely N-dealkylation sites (tertiary alicyclic amines) is 1. The topological polar surface area (TPSA) is 204 Å². The van der Waals surface area contributed by atoms with Crippen LogP contribution in [0, 0.1) is 12.8 Å². The lowest BCUT2D eigenvalue weighted by Gasteiger charge is -2.33. The number of hydrogen-bond acceptors (Lipinski definition) is 16. The lowest BCUT2D eigenvalue weighted by molar-refractivity contribution is -0.128. The van der Waals surface area contributed by atoms with Crippen molar-refractivity contribution in [2.24, 2.45) is 5.92 Å². The van der Waals surface area contributed by atoms with Gasteiger partial charge in [0.05, 0.1) is 130 Å². The number of carbonyl (C=O) groups is 4. The number of amides is 3. The zero-order valence-corrected chi connectivity index (χ0v) is 46.8. The molecular formula is C57H86ClN5O14. The van der Waals surface area contributed by atoms with E-state index in [0.717, 1.165) is 60.8 Å². The molecule has 77 heavy (non-hydrogen) atoms. The predicted octanol–water partition coefficient (Wildman–Crippen LogP) is 5.47. The fourth-order valence-corrected chi connectivity index (χ4v) is 8.47. The Labute approximate surface area is 461 Å². The van der Waals surface area contributed by atoms with Crippen molar-refractivity contribution in [1.29, 1.82) is 0 Å². The Morgan fingerprint density at radius 1 is 0.727 bits per heavy atom. The first-order chi connectivity index (χ1) is 37.6. The van der Waals surface area contributed by atoms with Gasteiger partial charge in [0.1, 0.15) is 5.78 Å². The third kappa shape index (κ3) is 27.8. The average molecular weight is 1100 g/mol. The number of nitrogens with one attached hydrogen (secondary N) is 2. The third-order valence-corrected chi connectivity index (χ3v) is 13.0. The summed E-state index contributed by atoms with van der Waals surface area (Å²) in [6.45, 7) is 16.9. The molecule has 3 heterocycles. The monoisotopic (exact) mass is 1100 g/mol. The molecule has 20 heteroatoms. The van der Waals surface area contributed by atoms with E-state index in [-0.39, 0.29) is 42.1 Å². The Morgan fingerprint density at radius 3 is 1.87 bits per heavy atom. The van der Waals surface area contributed by atoms with Crippen molar-refractivity contribution in [2.45, 2.75) is 71.1 Å². The van der Waals surface area contributed by atoms with Gasteiger partial charge < -0.3 is 62.9 Å². The highest BCUT2D eigenvalue weighted by Gasteiger charge is 2.42. The number of halogens is 1. The Bertz CT molecular complexity index is 2080. The molecule has 2 aliphatic rings. The molecular weight excluding hydrogens is 1010 g/mol. The van der Waals surface area contributed by atoms with Crippen LogP contribution in [0.15, 0.2) is 67.0 Å². The summed E-state index contributed by atoms with van der Waals surface area (Å²) in [5.74, 6) is -0.553. The number of aryl methyl sites for hydroxylation is 2. The van der Waals surface area contributed by atoms with Crippen molar-refractivity contribution in [3.8, 4) is 0 Å². The second kappa shape index (κ2) is 40.7. The van der Waals surface area contributed by atoms with Crippen LogP contribution in [0.4, 0.5) is 0 Å². The first kappa shape index (κ1) is 65.0. The van der Waals surface area contributed by atoms with Crippen LogP contribution < -0.4 is 10.6 Å². The number of hydrogen-bond donors (Lipinski definition) is 2. The van der Waals surface area contributed by atoms with Crippen molar-refractivity contribution in [1.82, 2.24) is 25.4 Å². The molecule has 0 aliphatic carbocycles. The number of morpholine rings is 1. The summed E-state index contributed by atoms with van der Waals surface area (Å²) in [6, 6.07) is 17.0. The van der Waals surface area contributed by atoms with Crippen molar-refractivity contribution in [3.63, 3.8) is 0 Å². The van der Waals surface area contributed by atoms with Gasteiger partial charge in [-0.05, 0) is 72.7 Å². The highest BCUT2D eigenvalue weighted by atomic mass is 35.5. The minimum atomic E-state index is -0.445. The summed E-state index contributed by atoms with van der Waals surface area (Å²) in [6.07, 6.45) is 7.03. The zero-order valence-electron chi connectivity index (χ0n) is 46.0. The van der Waals surface area contributed by atoms with Gasteiger partial charge in [0.15, 0.2) is 0 Å². The maximum absolute atomic E-state index is 12.7. The number of aromatic nitrogens is 1. The van der Waals surface area contributed by atoms with E-state index in [0.29, 0.717) is 150 Å². The van der Waals surface area contributed by atoms with Gasteiger partial charge in [-0.1, -0.05) is 48.9 Å². The van der Waals surface area contributed by atoms with Crippen molar-refractivity contribution < 1.29 is 66.5 Å². The number of nitrogens with zero attached hydrogens (tertiary/aromatic N) is 3. The molecule has 3 atom stereocenters. The van der Waals surface area contributed by atoms with Crippen LogP contribution in [0.1, 0.15) is 77.7 Å². The van der Waals surface area contributed by atoms with Crippen LogP contribution in [-0.4, -0.2) is 204 Å². The standard InChI is InChI=1S/C33H47ClN2O6.C24H39N3O8/c1-3-16-39-19-21-41-22-20-40-17-14-35-33(38)29-8-4-27(5-9-29)6-10-30(37)11-12-31-25-36(15-18-42-31)24-28-7-13-32(34)26(2)23-28;1-27-22(28)18-21(23(27)20-4-3-5-25-19-20)24(29)26-6-7-31-10-11-33-14-15-35-17-16-34-13-12-32-9-8-30-2/h4-5,7-9,13,23,31H,3,6,10-12,14-22,24-25H2,1-2H3,(H,35,38);3-5,19,21,23H,6-18H2,1-2H3,(H,26,29)/t31-;21-,23+/m00/s1. The number of ketones is 1. The number of carbonyl (C=O) groups excluding carboxylic acids is 4.